The molecular weight excluding hydrogens is 178 g/mol. The van der Waals surface area contributed by atoms with Crippen LogP contribution in [-0.4, -0.2) is 12.1 Å². The molecule has 3 heteroatoms. The molecule has 14 heavy (non-hydrogen) atoms. The van der Waals surface area contributed by atoms with Crippen molar-refractivity contribution in [3.8, 4) is 17.2 Å². The van der Waals surface area contributed by atoms with Crippen LogP contribution < -0.4 is 4.74 Å². The fraction of sp³-hybridized carbons (Fsp3) is 0.182. The topological polar surface area (TPSA) is 35.3 Å². The molecule has 0 atom stereocenters. The molecule has 0 bridgehead atoms. The normalized spacial score (nSPS) is 10.1. The predicted octanol–water partition coefficient (Wildman–Crippen LogP) is 2.66. The molecule has 2 rings (SSSR count). The molecule has 0 aromatic carbocycles. The summed E-state index contributed by atoms with van der Waals surface area (Å²) in [6.45, 7) is 1.92. The summed E-state index contributed by atoms with van der Waals surface area (Å²) in [5.41, 5.74) is 0.977. The molecule has 0 aliphatic carbocycles. The zero-order chi connectivity index (χ0) is 9.97. The molecule has 0 fully saturated rings. The monoisotopic (exact) mass is 189 g/mol. The molecule has 0 saturated heterocycles. The second-order valence-corrected chi connectivity index (χ2v) is 3.00. The Morgan fingerprint density at radius 3 is 2.79 bits per heavy atom. The summed E-state index contributed by atoms with van der Waals surface area (Å²) in [7, 11) is 1.60. The van der Waals surface area contributed by atoms with Gasteiger partial charge in [-0.2, -0.15) is 0 Å². The predicted molar refractivity (Wildman–Crippen MR) is 53.2 cm³/mol. The Hall–Kier alpha value is -1.77. The first kappa shape index (κ1) is 8.81. The quantitative estimate of drug-likeness (QED) is 0.728. The minimum Gasteiger partial charge on any atom is -0.481 e. The highest BCUT2D eigenvalue weighted by molar-refractivity contribution is 5.58. The number of hydrogen-bond donors (Lipinski definition) is 0. The van der Waals surface area contributed by atoms with E-state index in [0.717, 1.165) is 17.1 Å². The smallest absolute Gasteiger partial charge is 0.213 e. The number of nitrogens with zero attached hydrogens (tertiary/aromatic N) is 1. The van der Waals surface area contributed by atoms with Crippen LogP contribution in [0.5, 0.6) is 5.88 Å². The second kappa shape index (κ2) is 3.54. The molecular formula is C11H11NO2. The third-order valence-corrected chi connectivity index (χ3v) is 1.97. The summed E-state index contributed by atoms with van der Waals surface area (Å²) < 4.78 is 10.5. The Labute approximate surface area is 82.3 Å². The van der Waals surface area contributed by atoms with E-state index in [1.165, 1.54) is 0 Å². The van der Waals surface area contributed by atoms with E-state index in [1.54, 1.807) is 13.3 Å². The molecule has 0 saturated carbocycles. The zero-order valence-electron chi connectivity index (χ0n) is 8.15. The first-order valence-electron chi connectivity index (χ1n) is 4.36. The van der Waals surface area contributed by atoms with Gasteiger partial charge >= 0.3 is 0 Å². The van der Waals surface area contributed by atoms with Gasteiger partial charge in [0, 0.05) is 17.8 Å². The average molecular weight is 189 g/mol. The minimum atomic E-state index is 0.594. The van der Waals surface area contributed by atoms with E-state index in [2.05, 4.69) is 4.98 Å². The standard InChI is InChI=1S/C11H11NO2/c1-8-3-4-10(14-8)9-5-6-12-11(7-9)13-2/h3-7H,1-2H3. The van der Waals surface area contributed by atoms with E-state index in [4.69, 9.17) is 9.15 Å². The van der Waals surface area contributed by atoms with E-state index in [1.807, 2.05) is 31.2 Å². The third kappa shape index (κ3) is 1.62. The highest BCUT2D eigenvalue weighted by Crippen LogP contribution is 2.23. The van der Waals surface area contributed by atoms with E-state index < -0.39 is 0 Å². The van der Waals surface area contributed by atoms with Gasteiger partial charge in [0.2, 0.25) is 5.88 Å². The molecule has 0 aliphatic rings. The Balaban J connectivity index is 2.41. The van der Waals surface area contributed by atoms with Crippen molar-refractivity contribution in [2.24, 2.45) is 0 Å². The van der Waals surface area contributed by atoms with Gasteiger partial charge in [0.25, 0.3) is 0 Å². The lowest BCUT2D eigenvalue weighted by Crippen LogP contribution is -1.86. The molecule has 0 aliphatic heterocycles. The Morgan fingerprint density at radius 1 is 1.29 bits per heavy atom. The molecule has 0 spiro atoms. The fourth-order valence-corrected chi connectivity index (χ4v) is 1.26. The summed E-state index contributed by atoms with van der Waals surface area (Å²) in [6, 6.07) is 7.60. The molecule has 0 amide bonds. The van der Waals surface area contributed by atoms with Crippen molar-refractivity contribution in [2.45, 2.75) is 6.92 Å². The molecule has 3 nitrogen and oxygen atoms in total. The number of aromatic nitrogens is 1. The van der Waals surface area contributed by atoms with Crippen molar-refractivity contribution < 1.29 is 9.15 Å². The summed E-state index contributed by atoms with van der Waals surface area (Å²) in [5, 5.41) is 0. The number of ether oxygens (including phenoxy) is 1. The van der Waals surface area contributed by atoms with E-state index in [0.29, 0.717) is 5.88 Å². The van der Waals surface area contributed by atoms with Crippen LogP contribution in [0, 0.1) is 6.92 Å². The van der Waals surface area contributed by atoms with Crippen LogP contribution in [0.2, 0.25) is 0 Å². The lowest BCUT2D eigenvalue weighted by atomic mass is 10.2. The van der Waals surface area contributed by atoms with Crippen molar-refractivity contribution in [2.75, 3.05) is 7.11 Å². The van der Waals surface area contributed by atoms with Gasteiger partial charge in [0.1, 0.15) is 11.5 Å². The van der Waals surface area contributed by atoms with Crippen molar-refractivity contribution >= 4 is 0 Å². The van der Waals surface area contributed by atoms with E-state index in [9.17, 15) is 0 Å². The molecule has 0 unspecified atom stereocenters. The number of hydrogen-bond acceptors (Lipinski definition) is 3. The van der Waals surface area contributed by atoms with Crippen molar-refractivity contribution in [1.82, 2.24) is 4.98 Å². The summed E-state index contributed by atoms with van der Waals surface area (Å²) in [6.07, 6.45) is 1.70. The van der Waals surface area contributed by atoms with Gasteiger partial charge in [0.15, 0.2) is 0 Å². The minimum absolute atomic E-state index is 0.594. The van der Waals surface area contributed by atoms with Gasteiger partial charge in [0.05, 0.1) is 7.11 Å². The van der Waals surface area contributed by atoms with Crippen LogP contribution in [0.15, 0.2) is 34.9 Å². The van der Waals surface area contributed by atoms with Crippen LogP contribution in [0.3, 0.4) is 0 Å². The van der Waals surface area contributed by atoms with Gasteiger partial charge in [-0.05, 0) is 25.1 Å². The lowest BCUT2D eigenvalue weighted by Gasteiger charge is -2.00. The number of aryl methyl sites for hydroxylation is 1. The Morgan fingerprint density at radius 2 is 2.14 bits per heavy atom. The maximum absolute atomic E-state index is 5.49. The van der Waals surface area contributed by atoms with Crippen LogP contribution >= 0.6 is 0 Å². The number of methoxy groups -OCH3 is 1. The highest BCUT2D eigenvalue weighted by Gasteiger charge is 2.03. The number of pyridine rings is 1. The molecule has 0 radical (unpaired) electrons. The average Bonchev–Trinajstić information content (AvgIpc) is 2.65. The summed E-state index contributed by atoms with van der Waals surface area (Å²) in [5.74, 6) is 2.33. The zero-order valence-corrected chi connectivity index (χ0v) is 8.15. The van der Waals surface area contributed by atoms with E-state index in [-0.39, 0.29) is 0 Å². The SMILES string of the molecule is COc1cc(-c2ccc(C)o2)ccn1. The molecule has 72 valence electrons. The van der Waals surface area contributed by atoms with Crippen molar-refractivity contribution in [1.29, 1.82) is 0 Å². The summed E-state index contributed by atoms with van der Waals surface area (Å²) in [4.78, 5) is 4.03. The molecule has 0 N–H and O–H groups in total. The van der Waals surface area contributed by atoms with Gasteiger partial charge in [-0.25, -0.2) is 4.98 Å². The number of furan rings is 1. The maximum Gasteiger partial charge on any atom is 0.213 e. The number of rotatable bonds is 2. The van der Waals surface area contributed by atoms with Crippen LogP contribution in [0.4, 0.5) is 0 Å². The van der Waals surface area contributed by atoms with Gasteiger partial charge < -0.3 is 9.15 Å². The molecule has 2 aromatic rings. The Bertz CT molecular complexity index is 434. The highest BCUT2D eigenvalue weighted by atomic mass is 16.5. The lowest BCUT2D eigenvalue weighted by molar-refractivity contribution is 0.398. The van der Waals surface area contributed by atoms with Gasteiger partial charge in [-0.3, -0.25) is 0 Å². The largest absolute Gasteiger partial charge is 0.481 e. The van der Waals surface area contributed by atoms with E-state index >= 15 is 0 Å². The first-order valence-corrected chi connectivity index (χ1v) is 4.36. The first-order chi connectivity index (χ1) is 6.79. The van der Waals surface area contributed by atoms with Gasteiger partial charge in [-0.1, -0.05) is 0 Å². The molecule has 2 heterocycles. The van der Waals surface area contributed by atoms with Crippen LogP contribution in [0.25, 0.3) is 11.3 Å². The second-order valence-electron chi connectivity index (χ2n) is 3.00. The molecule has 2 aromatic heterocycles. The fourth-order valence-electron chi connectivity index (χ4n) is 1.26. The van der Waals surface area contributed by atoms with Crippen LogP contribution in [-0.2, 0) is 0 Å². The van der Waals surface area contributed by atoms with Crippen LogP contribution in [0.1, 0.15) is 5.76 Å². The summed E-state index contributed by atoms with van der Waals surface area (Å²) >= 11 is 0. The van der Waals surface area contributed by atoms with Crippen molar-refractivity contribution in [3.05, 3.63) is 36.2 Å². The van der Waals surface area contributed by atoms with Crippen molar-refractivity contribution in [3.63, 3.8) is 0 Å². The Kier molecular flexibility index (Phi) is 2.23. The maximum atomic E-state index is 5.49. The third-order valence-electron chi connectivity index (χ3n) is 1.97. The van der Waals surface area contributed by atoms with Gasteiger partial charge in [-0.15, -0.1) is 0 Å².